The minimum absolute atomic E-state index is 0.00510. The Hall–Kier alpha value is -2.68. The predicted molar refractivity (Wildman–Crippen MR) is 87.7 cm³/mol. The minimum Gasteiger partial charge on any atom is -0.461 e. The number of likely N-dealkylation sites (tertiary alicyclic amines) is 1. The quantitative estimate of drug-likeness (QED) is 0.605. The number of amides is 2. The van der Waals surface area contributed by atoms with E-state index in [4.69, 9.17) is 10.00 Å². The Labute approximate surface area is 146 Å². The lowest BCUT2D eigenvalue weighted by Gasteiger charge is -2.19. The molecule has 0 N–H and O–H groups in total. The summed E-state index contributed by atoms with van der Waals surface area (Å²) in [5.74, 6) is -1.11. The largest absolute Gasteiger partial charge is 0.461 e. The second-order valence-corrected chi connectivity index (χ2v) is 6.55. The highest BCUT2D eigenvalue weighted by Crippen LogP contribution is 2.37. The Balaban J connectivity index is 1.49. The zero-order chi connectivity index (χ0) is 17.8. The van der Waals surface area contributed by atoms with Gasteiger partial charge in [-0.25, -0.2) is 0 Å². The summed E-state index contributed by atoms with van der Waals surface area (Å²) in [4.78, 5) is 37.8. The molecule has 2 fully saturated rings. The summed E-state index contributed by atoms with van der Waals surface area (Å²) in [7, 11) is 0. The summed E-state index contributed by atoms with van der Waals surface area (Å²) < 4.78 is 5.18. The van der Waals surface area contributed by atoms with Crippen molar-refractivity contribution in [2.75, 3.05) is 6.54 Å². The highest BCUT2D eigenvalue weighted by molar-refractivity contribution is 6.05. The van der Waals surface area contributed by atoms with Gasteiger partial charge in [-0.3, -0.25) is 19.3 Å². The van der Waals surface area contributed by atoms with E-state index in [0.717, 1.165) is 31.2 Å². The van der Waals surface area contributed by atoms with Crippen molar-refractivity contribution in [1.82, 2.24) is 4.90 Å². The van der Waals surface area contributed by atoms with Gasteiger partial charge < -0.3 is 4.74 Å². The van der Waals surface area contributed by atoms with Crippen LogP contribution in [0.15, 0.2) is 24.3 Å². The zero-order valence-corrected chi connectivity index (χ0v) is 13.9. The summed E-state index contributed by atoms with van der Waals surface area (Å²) in [5.41, 5.74) is 1.23. The zero-order valence-electron chi connectivity index (χ0n) is 13.9. The first-order valence-corrected chi connectivity index (χ1v) is 8.60. The number of hydrogen-bond donors (Lipinski definition) is 0. The maximum absolute atomic E-state index is 12.3. The smallest absolute Gasteiger partial charge is 0.307 e. The normalized spacial score (nSPS) is 22.4. The number of ether oxygens (including phenoxy) is 1. The number of carbonyl (C=O) groups is 3. The summed E-state index contributed by atoms with van der Waals surface area (Å²) >= 11 is 0. The van der Waals surface area contributed by atoms with Crippen LogP contribution < -0.4 is 0 Å². The molecule has 0 aromatic heterocycles. The third kappa shape index (κ3) is 3.71. The van der Waals surface area contributed by atoms with Crippen molar-refractivity contribution in [3.63, 3.8) is 0 Å². The highest BCUT2D eigenvalue weighted by atomic mass is 16.5. The van der Waals surface area contributed by atoms with E-state index in [-0.39, 0.29) is 43.2 Å². The molecule has 2 aliphatic rings. The fourth-order valence-electron chi connectivity index (χ4n) is 3.62. The number of imide groups is 1. The number of nitrogens with zero attached hydrogens (tertiary/aromatic N) is 2. The number of esters is 1. The summed E-state index contributed by atoms with van der Waals surface area (Å²) in [6.45, 7) is 0.156. The molecule has 6 nitrogen and oxygen atoms in total. The number of nitriles is 1. The van der Waals surface area contributed by atoms with Gasteiger partial charge in [0.15, 0.2) is 0 Å². The molecule has 3 rings (SSSR count). The fraction of sp³-hybridized carbons (Fsp3) is 0.474. The molecule has 0 unspecified atom stereocenters. The molecule has 2 atom stereocenters. The van der Waals surface area contributed by atoms with Crippen molar-refractivity contribution >= 4 is 17.8 Å². The Morgan fingerprint density at radius 1 is 1.20 bits per heavy atom. The van der Waals surface area contributed by atoms with E-state index in [9.17, 15) is 14.4 Å². The standard InChI is InChI=1S/C19H20N2O4/c20-11-13-4-3-5-14(10-13)12-25-17(22)8-9-21-18(23)15-6-1-2-7-16(15)19(21)24/h3-5,10,15-16H,1-2,6-9,12H2/t15-,16-/m1/s1. The van der Waals surface area contributed by atoms with Crippen molar-refractivity contribution < 1.29 is 19.1 Å². The lowest BCUT2D eigenvalue weighted by atomic mass is 9.81. The van der Waals surface area contributed by atoms with Crippen LogP contribution in [0.2, 0.25) is 0 Å². The first kappa shape index (κ1) is 17.2. The Morgan fingerprint density at radius 2 is 1.88 bits per heavy atom. The van der Waals surface area contributed by atoms with Crippen LogP contribution >= 0.6 is 0 Å². The van der Waals surface area contributed by atoms with Gasteiger partial charge in [-0.15, -0.1) is 0 Å². The maximum atomic E-state index is 12.3. The lowest BCUT2D eigenvalue weighted by molar-refractivity contribution is -0.146. The van der Waals surface area contributed by atoms with Crippen LogP contribution in [0.1, 0.15) is 43.2 Å². The summed E-state index contributed by atoms with van der Waals surface area (Å²) in [6, 6.07) is 8.86. The molecule has 1 aromatic rings. The van der Waals surface area contributed by atoms with E-state index in [1.54, 1.807) is 24.3 Å². The first-order valence-electron chi connectivity index (χ1n) is 8.60. The van der Waals surface area contributed by atoms with E-state index in [1.807, 2.05) is 6.07 Å². The van der Waals surface area contributed by atoms with E-state index in [0.29, 0.717) is 5.56 Å². The third-order valence-corrected chi connectivity index (χ3v) is 4.93. The van der Waals surface area contributed by atoms with E-state index in [1.165, 1.54) is 4.90 Å². The number of rotatable bonds is 5. The molecule has 25 heavy (non-hydrogen) atoms. The Bertz CT molecular complexity index is 713. The monoisotopic (exact) mass is 340 g/mol. The van der Waals surface area contributed by atoms with Crippen LogP contribution in [0.25, 0.3) is 0 Å². The fourth-order valence-corrected chi connectivity index (χ4v) is 3.62. The van der Waals surface area contributed by atoms with Gasteiger partial charge in [0.2, 0.25) is 11.8 Å². The molecule has 1 saturated carbocycles. The molecule has 1 aliphatic heterocycles. The van der Waals surface area contributed by atoms with Crippen molar-refractivity contribution in [1.29, 1.82) is 5.26 Å². The van der Waals surface area contributed by atoms with Gasteiger partial charge in [-0.05, 0) is 30.5 Å². The molecule has 1 aromatic carbocycles. The van der Waals surface area contributed by atoms with Gasteiger partial charge >= 0.3 is 5.97 Å². The van der Waals surface area contributed by atoms with Gasteiger partial charge in [0.25, 0.3) is 0 Å². The van der Waals surface area contributed by atoms with Crippen molar-refractivity contribution in [3.8, 4) is 6.07 Å². The van der Waals surface area contributed by atoms with Gasteiger partial charge in [0.05, 0.1) is 29.9 Å². The Kier molecular flexibility index (Phi) is 5.13. The van der Waals surface area contributed by atoms with Crippen LogP contribution in [0.5, 0.6) is 0 Å². The topological polar surface area (TPSA) is 87.5 Å². The minimum atomic E-state index is -0.460. The van der Waals surface area contributed by atoms with Gasteiger partial charge in [0.1, 0.15) is 6.61 Å². The molecule has 0 bridgehead atoms. The maximum Gasteiger partial charge on any atom is 0.307 e. The molecule has 0 spiro atoms. The number of carbonyl (C=O) groups excluding carboxylic acids is 3. The molecule has 1 heterocycles. The second-order valence-electron chi connectivity index (χ2n) is 6.55. The van der Waals surface area contributed by atoms with Crippen LogP contribution in [0.4, 0.5) is 0 Å². The molecule has 1 aliphatic carbocycles. The summed E-state index contributed by atoms with van der Waals surface area (Å²) in [6.07, 6.45) is 3.50. The van der Waals surface area contributed by atoms with Gasteiger partial charge in [0, 0.05) is 6.54 Å². The molecule has 1 saturated heterocycles. The predicted octanol–water partition coefficient (Wildman–Crippen LogP) is 2.17. The second kappa shape index (κ2) is 7.47. The molecule has 0 radical (unpaired) electrons. The average molecular weight is 340 g/mol. The molecular weight excluding hydrogens is 320 g/mol. The number of benzene rings is 1. The van der Waals surface area contributed by atoms with Crippen LogP contribution in [0.3, 0.4) is 0 Å². The van der Waals surface area contributed by atoms with Crippen molar-refractivity contribution in [2.45, 2.75) is 38.7 Å². The summed E-state index contributed by atoms with van der Waals surface area (Å²) in [5, 5.41) is 8.86. The lowest BCUT2D eigenvalue weighted by Crippen LogP contribution is -2.33. The highest BCUT2D eigenvalue weighted by Gasteiger charge is 2.47. The van der Waals surface area contributed by atoms with Gasteiger partial charge in [-0.2, -0.15) is 5.26 Å². The van der Waals surface area contributed by atoms with Crippen LogP contribution in [-0.4, -0.2) is 29.2 Å². The Morgan fingerprint density at radius 3 is 2.52 bits per heavy atom. The average Bonchev–Trinajstić information content (AvgIpc) is 2.89. The molecule has 6 heteroatoms. The molecule has 2 amide bonds. The third-order valence-electron chi connectivity index (χ3n) is 4.93. The van der Waals surface area contributed by atoms with Gasteiger partial charge in [-0.1, -0.05) is 25.0 Å². The SMILES string of the molecule is N#Cc1cccc(COC(=O)CCN2C(=O)[C@@H]3CCCC[C@H]3C2=O)c1. The molecular formula is C19H20N2O4. The van der Waals surface area contributed by atoms with E-state index in [2.05, 4.69) is 0 Å². The molecule has 130 valence electrons. The number of hydrogen-bond acceptors (Lipinski definition) is 5. The number of fused-ring (bicyclic) bond motifs is 1. The van der Waals surface area contributed by atoms with E-state index < -0.39 is 5.97 Å². The van der Waals surface area contributed by atoms with E-state index >= 15 is 0 Å². The van der Waals surface area contributed by atoms with Crippen LogP contribution in [0, 0.1) is 23.2 Å². The first-order chi connectivity index (χ1) is 12.1. The van der Waals surface area contributed by atoms with Crippen molar-refractivity contribution in [2.24, 2.45) is 11.8 Å². The van der Waals surface area contributed by atoms with Crippen LogP contribution in [-0.2, 0) is 25.7 Å². The van der Waals surface area contributed by atoms with Crippen molar-refractivity contribution in [3.05, 3.63) is 35.4 Å².